The van der Waals surface area contributed by atoms with Crippen LogP contribution in [0.25, 0.3) is 11.6 Å². The van der Waals surface area contributed by atoms with Gasteiger partial charge in [-0.3, -0.25) is 0 Å². The Bertz CT molecular complexity index is 793. The molecule has 3 nitrogen and oxygen atoms in total. The van der Waals surface area contributed by atoms with Gasteiger partial charge in [0, 0.05) is 5.56 Å². The van der Waals surface area contributed by atoms with Crippen LogP contribution in [0.2, 0.25) is 0 Å². The Labute approximate surface area is 156 Å². The zero-order valence-corrected chi connectivity index (χ0v) is 16.6. The second-order valence-electron chi connectivity index (χ2n) is 7.33. The molecule has 0 aliphatic heterocycles. The van der Waals surface area contributed by atoms with E-state index in [2.05, 4.69) is 45.9 Å². The minimum atomic E-state index is -0.287. The van der Waals surface area contributed by atoms with Gasteiger partial charge in [0.05, 0.1) is 19.3 Å². The first kappa shape index (κ1) is 19.8. The van der Waals surface area contributed by atoms with E-state index < -0.39 is 0 Å². The molecule has 0 bridgehead atoms. The fourth-order valence-corrected chi connectivity index (χ4v) is 2.80. The number of ether oxygens (including phenoxy) is 2. The van der Waals surface area contributed by atoms with Gasteiger partial charge in [-0.1, -0.05) is 45.0 Å². The first-order valence-electron chi connectivity index (χ1n) is 8.90. The molecular formula is C23H28O3. The average Bonchev–Trinajstić information content (AvgIpc) is 2.61. The van der Waals surface area contributed by atoms with Crippen molar-refractivity contribution in [1.29, 1.82) is 0 Å². The molecule has 138 valence electrons. The van der Waals surface area contributed by atoms with Crippen LogP contribution in [0.15, 0.2) is 42.5 Å². The van der Waals surface area contributed by atoms with E-state index in [1.54, 1.807) is 26.2 Å². The van der Waals surface area contributed by atoms with Crippen LogP contribution in [0, 0.1) is 0 Å². The summed E-state index contributed by atoms with van der Waals surface area (Å²) < 4.78 is 10.5. The lowest BCUT2D eigenvalue weighted by atomic mass is 9.84. The fourth-order valence-electron chi connectivity index (χ4n) is 2.80. The molecule has 0 amide bonds. The molecule has 2 aromatic carbocycles. The highest BCUT2D eigenvalue weighted by molar-refractivity contribution is 5.90. The molecule has 3 heteroatoms. The van der Waals surface area contributed by atoms with Crippen molar-refractivity contribution >= 4 is 17.6 Å². The summed E-state index contributed by atoms with van der Waals surface area (Å²) in [5.74, 6) is 0.623. The Morgan fingerprint density at radius 3 is 2.19 bits per heavy atom. The Balaban J connectivity index is 2.31. The Morgan fingerprint density at radius 2 is 1.65 bits per heavy atom. The number of carbonyl (C=O) groups excluding carboxylic acids is 1. The van der Waals surface area contributed by atoms with Gasteiger partial charge in [0.25, 0.3) is 0 Å². The molecule has 0 heterocycles. The van der Waals surface area contributed by atoms with Crippen molar-refractivity contribution in [2.24, 2.45) is 0 Å². The van der Waals surface area contributed by atoms with E-state index in [9.17, 15) is 4.79 Å². The molecule has 2 aromatic rings. The summed E-state index contributed by atoms with van der Waals surface area (Å²) >= 11 is 0. The summed E-state index contributed by atoms with van der Waals surface area (Å²) in [5, 5.41) is 0. The normalized spacial score (nSPS) is 12.0. The van der Waals surface area contributed by atoms with Crippen LogP contribution in [0.1, 0.15) is 61.7 Å². The van der Waals surface area contributed by atoms with Crippen LogP contribution in [-0.2, 0) is 10.2 Å². The predicted octanol–water partition coefficient (Wildman–Crippen LogP) is 5.73. The van der Waals surface area contributed by atoms with Gasteiger partial charge in [-0.25, -0.2) is 4.79 Å². The van der Waals surface area contributed by atoms with Crippen LogP contribution in [0.3, 0.4) is 0 Å². The second kappa shape index (κ2) is 8.22. The molecule has 2 rings (SSSR count). The molecule has 0 aliphatic carbocycles. The molecule has 0 saturated heterocycles. The summed E-state index contributed by atoms with van der Waals surface area (Å²) in [5.41, 5.74) is 5.11. The Hall–Kier alpha value is -2.55. The van der Waals surface area contributed by atoms with Gasteiger partial charge in [0.1, 0.15) is 5.75 Å². The zero-order valence-electron chi connectivity index (χ0n) is 16.6. The maximum absolute atomic E-state index is 11.7. The molecule has 0 atom stereocenters. The number of esters is 1. The van der Waals surface area contributed by atoms with Crippen molar-refractivity contribution in [1.82, 2.24) is 0 Å². The standard InChI is InChI=1S/C23H28O3/c1-7-26-22(24)18-10-8-17(9-11-18)14-16(2)19-12-13-21(25-6)20(15-19)23(3,4)5/h8-15H,7H2,1-6H3/b16-14-. The van der Waals surface area contributed by atoms with Crippen LogP contribution >= 0.6 is 0 Å². The molecule has 0 fully saturated rings. The molecule has 0 aromatic heterocycles. The van der Waals surface area contributed by atoms with E-state index in [0.717, 1.165) is 22.4 Å². The summed E-state index contributed by atoms with van der Waals surface area (Å²) in [6.07, 6.45) is 2.11. The van der Waals surface area contributed by atoms with Crippen molar-refractivity contribution < 1.29 is 14.3 Å². The topological polar surface area (TPSA) is 35.5 Å². The van der Waals surface area contributed by atoms with E-state index in [4.69, 9.17) is 9.47 Å². The van der Waals surface area contributed by atoms with E-state index in [1.807, 2.05) is 18.2 Å². The summed E-state index contributed by atoms with van der Waals surface area (Å²) in [4.78, 5) is 11.7. The van der Waals surface area contributed by atoms with Crippen LogP contribution in [0.5, 0.6) is 5.75 Å². The summed E-state index contributed by atoms with van der Waals surface area (Å²) in [6.45, 7) is 10.8. The van der Waals surface area contributed by atoms with Gasteiger partial charge in [-0.15, -0.1) is 0 Å². The van der Waals surface area contributed by atoms with Gasteiger partial charge in [0.2, 0.25) is 0 Å². The van der Waals surface area contributed by atoms with Crippen molar-refractivity contribution in [3.8, 4) is 5.75 Å². The lowest BCUT2D eigenvalue weighted by Crippen LogP contribution is -2.13. The lowest BCUT2D eigenvalue weighted by molar-refractivity contribution is 0.0526. The number of hydrogen-bond donors (Lipinski definition) is 0. The van der Waals surface area contributed by atoms with Gasteiger partial charge in [-0.05, 0) is 60.2 Å². The number of allylic oxidation sites excluding steroid dienone is 1. The van der Waals surface area contributed by atoms with Gasteiger partial charge in [0.15, 0.2) is 0 Å². The van der Waals surface area contributed by atoms with E-state index in [-0.39, 0.29) is 11.4 Å². The van der Waals surface area contributed by atoms with Crippen LogP contribution < -0.4 is 4.74 Å². The first-order valence-corrected chi connectivity index (χ1v) is 8.90. The third kappa shape index (κ3) is 4.75. The fraction of sp³-hybridized carbons (Fsp3) is 0.348. The minimum Gasteiger partial charge on any atom is -0.496 e. The highest BCUT2D eigenvalue weighted by Crippen LogP contribution is 2.34. The predicted molar refractivity (Wildman–Crippen MR) is 108 cm³/mol. The van der Waals surface area contributed by atoms with Crippen LogP contribution in [-0.4, -0.2) is 19.7 Å². The number of methoxy groups -OCH3 is 1. The number of hydrogen-bond acceptors (Lipinski definition) is 3. The van der Waals surface area contributed by atoms with Crippen molar-refractivity contribution in [2.75, 3.05) is 13.7 Å². The maximum Gasteiger partial charge on any atom is 0.338 e. The smallest absolute Gasteiger partial charge is 0.338 e. The summed E-state index contributed by atoms with van der Waals surface area (Å²) in [7, 11) is 1.71. The van der Waals surface area contributed by atoms with Gasteiger partial charge in [-0.2, -0.15) is 0 Å². The second-order valence-corrected chi connectivity index (χ2v) is 7.33. The molecule has 0 saturated carbocycles. The molecule has 0 unspecified atom stereocenters. The van der Waals surface area contributed by atoms with Gasteiger partial charge >= 0.3 is 5.97 Å². The Morgan fingerprint density at radius 1 is 1.04 bits per heavy atom. The van der Waals surface area contributed by atoms with Crippen molar-refractivity contribution in [2.45, 2.75) is 40.0 Å². The first-order chi connectivity index (χ1) is 12.3. The lowest BCUT2D eigenvalue weighted by Gasteiger charge is -2.23. The molecule has 26 heavy (non-hydrogen) atoms. The van der Waals surface area contributed by atoms with Crippen molar-refractivity contribution in [3.05, 3.63) is 64.7 Å². The summed E-state index contributed by atoms with van der Waals surface area (Å²) in [6, 6.07) is 13.8. The SMILES string of the molecule is CCOC(=O)c1ccc(/C=C(/C)c2ccc(OC)c(C(C)(C)C)c2)cc1. The van der Waals surface area contributed by atoms with E-state index in [1.165, 1.54) is 5.56 Å². The minimum absolute atomic E-state index is 0.00290. The monoisotopic (exact) mass is 352 g/mol. The highest BCUT2D eigenvalue weighted by atomic mass is 16.5. The third-order valence-electron chi connectivity index (χ3n) is 4.27. The van der Waals surface area contributed by atoms with E-state index in [0.29, 0.717) is 12.2 Å². The number of benzene rings is 2. The Kier molecular flexibility index (Phi) is 6.25. The molecular weight excluding hydrogens is 324 g/mol. The molecule has 0 spiro atoms. The van der Waals surface area contributed by atoms with Crippen LogP contribution in [0.4, 0.5) is 0 Å². The average molecular weight is 352 g/mol. The largest absolute Gasteiger partial charge is 0.496 e. The third-order valence-corrected chi connectivity index (χ3v) is 4.27. The number of rotatable bonds is 5. The quantitative estimate of drug-likeness (QED) is 0.509. The number of carbonyl (C=O) groups is 1. The molecule has 0 radical (unpaired) electrons. The zero-order chi connectivity index (χ0) is 19.3. The molecule has 0 aliphatic rings. The van der Waals surface area contributed by atoms with Crippen molar-refractivity contribution in [3.63, 3.8) is 0 Å². The van der Waals surface area contributed by atoms with Gasteiger partial charge < -0.3 is 9.47 Å². The molecule has 0 N–H and O–H groups in total. The highest BCUT2D eigenvalue weighted by Gasteiger charge is 2.19. The maximum atomic E-state index is 11.7. The van der Waals surface area contributed by atoms with E-state index >= 15 is 0 Å².